The second kappa shape index (κ2) is 8.93. The minimum atomic E-state index is -0.0537. The third-order valence-electron chi connectivity index (χ3n) is 3.96. The van der Waals surface area contributed by atoms with E-state index in [4.69, 9.17) is 0 Å². The molecular weight excluding hydrogens is 288 g/mol. The molecule has 2 amide bonds. The van der Waals surface area contributed by atoms with Gasteiger partial charge >= 0.3 is 0 Å². The van der Waals surface area contributed by atoms with Gasteiger partial charge in [0.05, 0.1) is 0 Å². The van der Waals surface area contributed by atoms with Crippen LogP contribution in [0, 0.1) is 5.92 Å². The van der Waals surface area contributed by atoms with Crippen molar-refractivity contribution in [2.45, 2.75) is 19.8 Å². The number of likely N-dealkylation sites (tertiary alicyclic amines) is 1. The summed E-state index contributed by atoms with van der Waals surface area (Å²) in [6.45, 7) is 4.02. The predicted octanol–water partition coefficient (Wildman–Crippen LogP) is 2.79. The van der Waals surface area contributed by atoms with E-state index in [1.165, 1.54) is 0 Å². The van der Waals surface area contributed by atoms with Gasteiger partial charge in [0.1, 0.15) is 0 Å². The molecule has 122 valence electrons. The number of carbonyl (C=O) groups excluding carboxylic acids is 2. The van der Waals surface area contributed by atoms with E-state index in [-0.39, 0.29) is 11.8 Å². The van der Waals surface area contributed by atoms with Crippen LogP contribution in [0.15, 0.2) is 54.6 Å². The zero-order valence-electron chi connectivity index (χ0n) is 13.6. The van der Waals surface area contributed by atoms with Crippen LogP contribution in [0.2, 0.25) is 0 Å². The van der Waals surface area contributed by atoms with Crippen LogP contribution in [0.4, 0.5) is 0 Å². The van der Waals surface area contributed by atoms with Gasteiger partial charge in [-0.2, -0.15) is 0 Å². The molecule has 0 radical (unpaired) electrons. The van der Waals surface area contributed by atoms with E-state index in [0.29, 0.717) is 24.6 Å². The summed E-state index contributed by atoms with van der Waals surface area (Å²) < 4.78 is 0. The van der Waals surface area contributed by atoms with Gasteiger partial charge < -0.3 is 10.2 Å². The van der Waals surface area contributed by atoms with Crippen molar-refractivity contribution in [1.29, 1.82) is 0 Å². The summed E-state index contributed by atoms with van der Waals surface area (Å²) in [6.07, 6.45) is 9.13. The molecule has 1 fully saturated rings. The van der Waals surface area contributed by atoms with Gasteiger partial charge in [0.15, 0.2) is 0 Å². The number of benzene rings is 1. The molecule has 1 aliphatic rings. The third-order valence-corrected chi connectivity index (χ3v) is 3.96. The van der Waals surface area contributed by atoms with Crippen molar-refractivity contribution in [2.24, 2.45) is 5.92 Å². The summed E-state index contributed by atoms with van der Waals surface area (Å²) in [5, 5.41) is 2.97. The molecule has 0 saturated carbocycles. The molecule has 23 heavy (non-hydrogen) atoms. The van der Waals surface area contributed by atoms with Gasteiger partial charge in [0.2, 0.25) is 5.91 Å². The van der Waals surface area contributed by atoms with Crippen LogP contribution < -0.4 is 5.32 Å². The van der Waals surface area contributed by atoms with Crippen LogP contribution in [0.5, 0.6) is 0 Å². The zero-order chi connectivity index (χ0) is 16.5. The molecule has 1 saturated heterocycles. The second-order valence-corrected chi connectivity index (χ2v) is 5.75. The summed E-state index contributed by atoms with van der Waals surface area (Å²) in [5.41, 5.74) is 0.672. The Morgan fingerprint density at radius 2 is 2.04 bits per heavy atom. The third kappa shape index (κ3) is 5.40. The zero-order valence-corrected chi connectivity index (χ0v) is 13.6. The Bertz CT molecular complexity index is 578. The lowest BCUT2D eigenvalue weighted by Gasteiger charge is -2.32. The summed E-state index contributed by atoms with van der Waals surface area (Å²) in [6, 6.07) is 9.21. The topological polar surface area (TPSA) is 49.4 Å². The molecule has 1 heterocycles. The van der Waals surface area contributed by atoms with Gasteiger partial charge in [-0.15, -0.1) is 0 Å². The van der Waals surface area contributed by atoms with Crippen LogP contribution in [-0.4, -0.2) is 36.3 Å². The molecule has 4 nitrogen and oxygen atoms in total. The van der Waals surface area contributed by atoms with Crippen molar-refractivity contribution in [3.8, 4) is 0 Å². The lowest BCUT2D eigenvalue weighted by atomic mass is 9.97. The highest BCUT2D eigenvalue weighted by atomic mass is 16.2. The van der Waals surface area contributed by atoms with E-state index in [1.807, 2.05) is 42.2 Å². The van der Waals surface area contributed by atoms with Crippen LogP contribution in [0.1, 0.15) is 30.1 Å². The van der Waals surface area contributed by atoms with Crippen LogP contribution in [0.3, 0.4) is 0 Å². The molecular formula is C19H24N2O2. The van der Waals surface area contributed by atoms with E-state index in [2.05, 4.69) is 5.32 Å². The van der Waals surface area contributed by atoms with Gasteiger partial charge in [0.25, 0.3) is 5.91 Å². The molecule has 0 aromatic heterocycles. The molecule has 0 aliphatic carbocycles. The van der Waals surface area contributed by atoms with Gasteiger partial charge in [-0.25, -0.2) is 0 Å². The van der Waals surface area contributed by atoms with Crippen molar-refractivity contribution < 1.29 is 9.59 Å². The number of carbonyl (C=O) groups is 2. The number of allylic oxidation sites excluding steroid dienone is 3. The van der Waals surface area contributed by atoms with E-state index >= 15 is 0 Å². The molecule has 4 heteroatoms. The first-order valence-corrected chi connectivity index (χ1v) is 8.12. The number of hydrogen-bond acceptors (Lipinski definition) is 2. The van der Waals surface area contributed by atoms with Gasteiger partial charge in [-0.05, 0) is 37.8 Å². The molecule has 1 aromatic rings. The molecule has 1 N–H and O–H groups in total. The fraction of sp³-hybridized carbons (Fsp3) is 0.368. The quantitative estimate of drug-likeness (QED) is 0.671. The summed E-state index contributed by atoms with van der Waals surface area (Å²) in [5.74, 6) is 0.305. The SMILES string of the molecule is C/C=C/C=C/C(=O)N1CCC[C@H](CNC(=O)c2ccccc2)C1. The van der Waals surface area contributed by atoms with Crippen molar-refractivity contribution >= 4 is 11.8 Å². The number of hydrogen-bond donors (Lipinski definition) is 1. The van der Waals surface area contributed by atoms with Crippen molar-refractivity contribution in [1.82, 2.24) is 10.2 Å². The number of amides is 2. The smallest absolute Gasteiger partial charge is 0.251 e. The normalized spacial score (nSPS) is 18.5. The van der Waals surface area contributed by atoms with Gasteiger partial charge in [-0.3, -0.25) is 9.59 Å². The number of nitrogens with one attached hydrogen (secondary N) is 1. The fourth-order valence-corrected chi connectivity index (χ4v) is 2.71. The van der Waals surface area contributed by atoms with E-state index in [1.54, 1.807) is 24.3 Å². The highest BCUT2D eigenvalue weighted by molar-refractivity contribution is 5.94. The van der Waals surface area contributed by atoms with Crippen molar-refractivity contribution in [2.75, 3.05) is 19.6 Å². The lowest BCUT2D eigenvalue weighted by Crippen LogP contribution is -2.43. The van der Waals surface area contributed by atoms with E-state index < -0.39 is 0 Å². The molecule has 2 rings (SSSR count). The van der Waals surface area contributed by atoms with Crippen molar-refractivity contribution in [3.63, 3.8) is 0 Å². The number of rotatable bonds is 5. The fourth-order valence-electron chi connectivity index (χ4n) is 2.71. The molecule has 0 unspecified atom stereocenters. The minimum absolute atomic E-state index is 0.0437. The maximum absolute atomic E-state index is 12.1. The summed E-state index contributed by atoms with van der Waals surface area (Å²) >= 11 is 0. The average molecular weight is 312 g/mol. The van der Waals surface area contributed by atoms with E-state index in [0.717, 1.165) is 19.4 Å². The first-order valence-electron chi connectivity index (χ1n) is 8.12. The molecule has 0 bridgehead atoms. The largest absolute Gasteiger partial charge is 0.352 e. The maximum atomic E-state index is 12.1. The molecule has 1 aliphatic heterocycles. The number of nitrogens with zero attached hydrogens (tertiary/aromatic N) is 1. The average Bonchev–Trinajstić information content (AvgIpc) is 2.61. The Morgan fingerprint density at radius 1 is 1.26 bits per heavy atom. The van der Waals surface area contributed by atoms with Crippen LogP contribution in [-0.2, 0) is 4.79 Å². The van der Waals surface area contributed by atoms with Crippen molar-refractivity contribution in [3.05, 3.63) is 60.2 Å². The van der Waals surface area contributed by atoms with Crippen LogP contribution in [0.25, 0.3) is 0 Å². The maximum Gasteiger partial charge on any atom is 0.251 e. The van der Waals surface area contributed by atoms with E-state index in [9.17, 15) is 9.59 Å². The summed E-state index contributed by atoms with van der Waals surface area (Å²) in [4.78, 5) is 26.0. The highest BCUT2D eigenvalue weighted by Crippen LogP contribution is 2.16. The second-order valence-electron chi connectivity index (χ2n) is 5.75. The Kier molecular flexibility index (Phi) is 6.60. The molecule has 1 aromatic carbocycles. The summed E-state index contributed by atoms with van der Waals surface area (Å²) in [7, 11) is 0. The molecule has 1 atom stereocenters. The molecule has 0 spiro atoms. The minimum Gasteiger partial charge on any atom is -0.352 e. The Hall–Kier alpha value is -2.36. The predicted molar refractivity (Wildman–Crippen MR) is 92.0 cm³/mol. The number of piperidine rings is 1. The van der Waals surface area contributed by atoms with Gasteiger partial charge in [-0.1, -0.05) is 36.4 Å². The first-order chi connectivity index (χ1) is 11.2. The highest BCUT2D eigenvalue weighted by Gasteiger charge is 2.22. The first kappa shape index (κ1) is 17.0. The Labute approximate surface area is 137 Å². The lowest BCUT2D eigenvalue weighted by molar-refractivity contribution is -0.127. The Balaban J connectivity index is 1.82. The van der Waals surface area contributed by atoms with Gasteiger partial charge in [0, 0.05) is 31.3 Å². The Morgan fingerprint density at radius 3 is 2.78 bits per heavy atom. The monoisotopic (exact) mass is 312 g/mol. The van der Waals surface area contributed by atoms with Crippen LogP contribution >= 0.6 is 0 Å². The standard InChI is InChI=1S/C19H24N2O2/c1-2-3-5-12-18(22)21-13-8-9-16(15-21)14-20-19(23)17-10-6-4-7-11-17/h2-7,10-12,16H,8-9,13-15H2,1H3,(H,20,23)/b3-2+,12-5+/t16-/m1/s1.